The molecule has 0 spiro atoms. The van der Waals surface area contributed by atoms with Crippen molar-refractivity contribution >= 4 is 28.4 Å². The van der Waals surface area contributed by atoms with Crippen molar-refractivity contribution in [3.05, 3.63) is 40.7 Å². The van der Waals surface area contributed by atoms with E-state index in [1.165, 1.54) is 36.5 Å². The molecule has 2 aromatic heterocycles. The molecule has 3 aromatic rings. The molecule has 0 bridgehead atoms. The van der Waals surface area contributed by atoms with Crippen LogP contribution in [0, 0.1) is 0 Å². The summed E-state index contributed by atoms with van der Waals surface area (Å²) in [7, 11) is 1.41. The molecule has 13 nitrogen and oxygen atoms in total. The number of rotatable bonds is 9. The van der Waals surface area contributed by atoms with E-state index in [2.05, 4.69) is 25.2 Å². The number of fused-ring (bicyclic) bond motifs is 1. The first-order valence-corrected chi connectivity index (χ1v) is 11.5. The van der Waals surface area contributed by atoms with E-state index in [-0.39, 0.29) is 52.8 Å². The van der Waals surface area contributed by atoms with Gasteiger partial charge in [0.25, 0.3) is 11.5 Å². The Hall–Kier alpha value is -3.81. The second-order valence-electron chi connectivity index (χ2n) is 8.16. The van der Waals surface area contributed by atoms with Crippen LogP contribution in [0.4, 0.5) is 11.6 Å². The Bertz CT molecular complexity index is 1280. The van der Waals surface area contributed by atoms with Gasteiger partial charge in [0.15, 0.2) is 11.5 Å². The van der Waals surface area contributed by atoms with E-state index in [1.807, 2.05) is 0 Å². The van der Waals surface area contributed by atoms with Crippen molar-refractivity contribution in [1.82, 2.24) is 24.4 Å². The number of hydrogen-bond acceptors (Lipinski definition) is 11. The SMILES string of the molecule is CCn1c(NC(=O)c2cncnc2)nc2c(OC)c(OC[C@@H](O)CN3CCOCC3)cc(N)c2c1=O. The smallest absolute Gasteiger partial charge is 0.265 e. The molecule has 1 aliphatic rings. The van der Waals surface area contributed by atoms with Crippen LogP contribution in [-0.4, -0.2) is 88.1 Å². The Labute approximate surface area is 206 Å². The second-order valence-corrected chi connectivity index (χ2v) is 8.16. The lowest BCUT2D eigenvalue weighted by molar-refractivity contribution is 0.00447. The Kier molecular flexibility index (Phi) is 7.93. The summed E-state index contributed by atoms with van der Waals surface area (Å²) in [5, 5.41) is 13.2. The van der Waals surface area contributed by atoms with Gasteiger partial charge in [-0.05, 0) is 6.92 Å². The summed E-state index contributed by atoms with van der Waals surface area (Å²) in [6, 6.07) is 1.48. The Balaban J connectivity index is 1.65. The van der Waals surface area contributed by atoms with E-state index in [1.54, 1.807) is 6.92 Å². The molecule has 4 N–H and O–H groups in total. The summed E-state index contributed by atoms with van der Waals surface area (Å²) in [6.07, 6.45) is 3.24. The number of nitrogens with zero attached hydrogens (tertiary/aromatic N) is 5. The van der Waals surface area contributed by atoms with Gasteiger partial charge in [-0.3, -0.25) is 24.4 Å². The summed E-state index contributed by atoms with van der Waals surface area (Å²) < 4.78 is 18.0. The highest BCUT2D eigenvalue weighted by atomic mass is 16.5. The van der Waals surface area contributed by atoms with Crippen LogP contribution >= 0.6 is 0 Å². The fourth-order valence-corrected chi connectivity index (χ4v) is 3.98. The first-order valence-electron chi connectivity index (χ1n) is 11.5. The lowest BCUT2D eigenvalue weighted by Crippen LogP contribution is -2.42. The lowest BCUT2D eigenvalue weighted by atomic mass is 10.1. The van der Waals surface area contributed by atoms with Gasteiger partial charge in [0, 0.05) is 44.6 Å². The van der Waals surface area contributed by atoms with E-state index >= 15 is 0 Å². The molecule has 1 amide bonds. The number of benzene rings is 1. The molecule has 1 atom stereocenters. The summed E-state index contributed by atoms with van der Waals surface area (Å²) >= 11 is 0. The molecule has 0 radical (unpaired) electrons. The van der Waals surface area contributed by atoms with Gasteiger partial charge in [0.1, 0.15) is 24.6 Å². The molecule has 3 heterocycles. The zero-order valence-electron chi connectivity index (χ0n) is 20.1. The van der Waals surface area contributed by atoms with Crippen LogP contribution in [0.25, 0.3) is 10.9 Å². The van der Waals surface area contributed by atoms with Crippen molar-refractivity contribution in [2.24, 2.45) is 0 Å². The number of carbonyl (C=O) groups is 1. The third-order valence-corrected chi connectivity index (χ3v) is 5.76. The van der Waals surface area contributed by atoms with Crippen LogP contribution in [0.2, 0.25) is 0 Å². The van der Waals surface area contributed by atoms with Gasteiger partial charge in [0.2, 0.25) is 5.95 Å². The topological polar surface area (TPSA) is 167 Å². The molecule has 4 rings (SSSR count). The van der Waals surface area contributed by atoms with Crippen molar-refractivity contribution in [1.29, 1.82) is 0 Å². The molecular formula is C23H29N7O6. The number of nitrogens with two attached hydrogens (primary N) is 1. The van der Waals surface area contributed by atoms with Gasteiger partial charge >= 0.3 is 0 Å². The van der Waals surface area contributed by atoms with Gasteiger partial charge < -0.3 is 25.1 Å². The number of β-amino-alcohol motifs (C(OH)–C–C–N with tert-alkyl or cyclic N) is 1. The molecule has 13 heteroatoms. The minimum atomic E-state index is -0.770. The number of morpholine rings is 1. The van der Waals surface area contributed by atoms with E-state index in [0.29, 0.717) is 19.8 Å². The van der Waals surface area contributed by atoms with Gasteiger partial charge in [-0.15, -0.1) is 0 Å². The summed E-state index contributed by atoms with van der Waals surface area (Å²) in [6.45, 7) is 5.10. The van der Waals surface area contributed by atoms with Crippen LogP contribution in [0.3, 0.4) is 0 Å². The minimum absolute atomic E-state index is 0.00561. The highest BCUT2D eigenvalue weighted by Gasteiger charge is 2.23. The van der Waals surface area contributed by atoms with Crippen LogP contribution in [-0.2, 0) is 11.3 Å². The van der Waals surface area contributed by atoms with Crippen molar-refractivity contribution in [3.8, 4) is 11.5 Å². The second kappa shape index (κ2) is 11.3. The zero-order valence-corrected chi connectivity index (χ0v) is 20.1. The van der Waals surface area contributed by atoms with Crippen molar-refractivity contribution in [2.45, 2.75) is 19.6 Å². The number of carbonyl (C=O) groups excluding carboxylic acids is 1. The number of methoxy groups -OCH3 is 1. The molecule has 0 saturated carbocycles. The van der Waals surface area contributed by atoms with Crippen LogP contribution in [0.15, 0.2) is 29.6 Å². The van der Waals surface area contributed by atoms with Crippen molar-refractivity contribution < 1.29 is 24.1 Å². The monoisotopic (exact) mass is 499 g/mol. The average molecular weight is 500 g/mol. The maximum atomic E-state index is 13.3. The number of amides is 1. The third-order valence-electron chi connectivity index (χ3n) is 5.76. The van der Waals surface area contributed by atoms with Crippen molar-refractivity contribution in [2.75, 3.05) is 57.6 Å². The predicted octanol–water partition coefficient (Wildman–Crippen LogP) is 0.121. The molecular weight excluding hydrogens is 470 g/mol. The number of aliphatic hydroxyl groups excluding tert-OH is 1. The highest BCUT2D eigenvalue weighted by Crippen LogP contribution is 2.37. The maximum absolute atomic E-state index is 13.3. The van der Waals surface area contributed by atoms with E-state index in [0.717, 1.165) is 13.1 Å². The predicted molar refractivity (Wildman–Crippen MR) is 131 cm³/mol. The van der Waals surface area contributed by atoms with E-state index in [9.17, 15) is 14.7 Å². The van der Waals surface area contributed by atoms with Crippen LogP contribution in [0.5, 0.6) is 11.5 Å². The zero-order chi connectivity index (χ0) is 25.7. The molecule has 1 fully saturated rings. The van der Waals surface area contributed by atoms with E-state index < -0.39 is 17.6 Å². The van der Waals surface area contributed by atoms with Crippen LogP contribution < -0.4 is 26.1 Å². The van der Waals surface area contributed by atoms with Gasteiger partial charge in [-0.2, -0.15) is 0 Å². The van der Waals surface area contributed by atoms with Crippen LogP contribution in [0.1, 0.15) is 17.3 Å². The summed E-state index contributed by atoms with van der Waals surface area (Å²) in [4.78, 5) is 40.3. The fraction of sp³-hybridized carbons (Fsp3) is 0.435. The number of anilines is 2. The fourth-order valence-electron chi connectivity index (χ4n) is 3.98. The third kappa shape index (κ3) is 5.37. The molecule has 1 aliphatic heterocycles. The number of nitrogen functional groups attached to an aromatic ring is 1. The number of hydrogen-bond donors (Lipinski definition) is 3. The molecule has 1 aromatic carbocycles. The molecule has 192 valence electrons. The number of aromatic nitrogens is 4. The average Bonchev–Trinajstić information content (AvgIpc) is 2.88. The number of ether oxygens (including phenoxy) is 3. The molecule has 0 aliphatic carbocycles. The first-order chi connectivity index (χ1) is 17.4. The molecule has 0 unspecified atom stereocenters. The highest BCUT2D eigenvalue weighted by molar-refractivity contribution is 6.04. The molecule has 36 heavy (non-hydrogen) atoms. The van der Waals surface area contributed by atoms with Gasteiger partial charge in [-0.1, -0.05) is 0 Å². The van der Waals surface area contributed by atoms with E-state index in [4.69, 9.17) is 19.9 Å². The number of nitrogens with one attached hydrogen (secondary N) is 1. The number of aliphatic hydroxyl groups is 1. The quantitative estimate of drug-likeness (QED) is 0.342. The standard InChI is InChI=1S/C23H29N7O6/c1-3-30-22(33)18-16(24)8-17(36-12-15(31)11-29-4-6-35-7-5-29)20(34-2)19(18)27-23(30)28-21(32)14-9-25-13-26-10-14/h8-10,13,15,31H,3-7,11-12,24H2,1-2H3,(H,27,28,32)/t15-/m0/s1. The van der Waals surface area contributed by atoms with Gasteiger partial charge in [-0.25, -0.2) is 15.0 Å². The largest absolute Gasteiger partial charge is 0.491 e. The minimum Gasteiger partial charge on any atom is -0.491 e. The Morgan fingerprint density at radius 3 is 2.69 bits per heavy atom. The molecule has 1 saturated heterocycles. The first kappa shape index (κ1) is 25.3. The summed E-state index contributed by atoms with van der Waals surface area (Å²) in [5.74, 6) is -0.143. The van der Waals surface area contributed by atoms with Crippen molar-refractivity contribution in [3.63, 3.8) is 0 Å². The normalized spacial score (nSPS) is 15.0. The summed E-state index contributed by atoms with van der Waals surface area (Å²) in [5.41, 5.74) is 6.25. The lowest BCUT2D eigenvalue weighted by Gasteiger charge is -2.28. The Morgan fingerprint density at radius 1 is 1.31 bits per heavy atom. The maximum Gasteiger partial charge on any atom is 0.265 e. The van der Waals surface area contributed by atoms with Gasteiger partial charge in [0.05, 0.1) is 37.0 Å². The Morgan fingerprint density at radius 2 is 2.03 bits per heavy atom.